The summed E-state index contributed by atoms with van der Waals surface area (Å²) in [5, 5.41) is 5.69. The van der Waals surface area contributed by atoms with Crippen LogP contribution in [0.3, 0.4) is 0 Å². The molecule has 0 N–H and O–H groups in total. The van der Waals surface area contributed by atoms with E-state index < -0.39 is 17.9 Å². The van der Waals surface area contributed by atoms with Crippen molar-refractivity contribution in [3.8, 4) is 0 Å². The SMILES string of the molecule is C[Si](Cn1ncnc1S(C)(=O)=O)(c1ccc(F)cc1)c1ccc(F)cc1. The molecule has 9 heteroatoms. The highest BCUT2D eigenvalue weighted by molar-refractivity contribution is 7.90. The van der Waals surface area contributed by atoms with Gasteiger partial charge in [-0.25, -0.2) is 26.9 Å². The molecule has 26 heavy (non-hydrogen) atoms. The Morgan fingerprint density at radius 2 is 1.42 bits per heavy atom. The molecule has 1 aromatic heterocycles. The molecule has 5 nitrogen and oxygen atoms in total. The van der Waals surface area contributed by atoms with Crippen LogP contribution in [0, 0.1) is 11.6 Å². The highest BCUT2D eigenvalue weighted by Gasteiger charge is 2.35. The van der Waals surface area contributed by atoms with Crippen molar-refractivity contribution in [1.29, 1.82) is 0 Å². The van der Waals surface area contributed by atoms with Gasteiger partial charge in [0.1, 0.15) is 26.0 Å². The summed E-state index contributed by atoms with van der Waals surface area (Å²) in [4.78, 5) is 3.85. The molecule has 136 valence electrons. The lowest BCUT2D eigenvalue weighted by Crippen LogP contribution is -2.59. The second kappa shape index (κ2) is 6.73. The van der Waals surface area contributed by atoms with Gasteiger partial charge in [0.05, 0.1) is 0 Å². The normalized spacial score (nSPS) is 12.3. The minimum absolute atomic E-state index is 0.125. The first kappa shape index (κ1) is 18.4. The van der Waals surface area contributed by atoms with Gasteiger partial charge in [-0.3, -0.25) is 0 Å². The van der Waals surface area contributed by atoms with Gasteiger partial charge in [0.15, 0.2) is 0 Å². The van der Waals surface area contributed by atoms with Gasteiger partial charge in [0.2, 0.25) is 15.0 Å². The Morgan fingerprint density at radius 1 is 0.962 bits per heavy atom. The van der Waals surface area contributed by atoms with E-state index in [1.54, 1.807) is 24.3 Å². The highest BCUT2D eigenvalue weighted by atomic mass is 32.2. The number of halogens is 2. The third kappa shape index (κ3) is 3.58. The summed E-state index contributed by atoms with van der Waals surface area (Å²) in [5.41, 5.74) is 0. The first-order valence-corrected chi connectivity index (χ1v) is 12.4. The van der Waals surface area contributed by atoms with Gasteiger partial charge in [0.25, 0.3) is 0 Å². The van der Waals surface area contributed by atoms with Gasteiger partial charge in [-0.05, 0) is 24.3 Å². The molecule has 0 atom stereocenters. The van der Waals surface area contributed by atoms with E-state index in [-0.39, 0.29) is 23.0 Å². The Kier molecular flexibility index (Phi) is 4.76. The van der Waals surface area contributed by atoms with Crippen LogP contribution < -0.4 is 10.4 Å². The third-order valence-electron chi connectivity index (χ3n) is 4.34. The van der Waals surface area contributed by atoms with Crippen molar-refractivity contribution in [1.82, 2.24) is 14.8 Å². The van der Waals surface area contributed by atoms with Crippen molar-refractivity contribution < 1.29 is 17.2 Å². The summed E-state index contributed by atoms with van der Waals surface area (Å²) in [6.07, 6.45) is 2.54. The van der Waals surface area contributed by atoms with Crippen LogP contribution in [0.15, 0.2) is 60.0 Å². The quantitative estimate of drug-likeness (QED) is 0.615. The third-order valence-corrected chi connectivity index (χ3v) is 9.47. The highest BCUT2D eigenvalue weighted by Crippen LogP contribution is 2.13. The maximum atomic E-state index is 13.4. The minimum atomic E-state index is -3.55. The zero-order chi connectivity index (χ0) is 18.9. The zero-order valence-electron chi connectivity index (χ0n) is 14.2. The number of rotatable bonds is 5. The van der Waals surface area contributed by atoms with E-state index in [0.29, 0.717) is 0 Å². The molecule has 0 saturated carbocycles. The predicted molar refractivity (Wildman–Crippen MR) is 96.8 cm³/mol. The van der Waals surface area contributed by atoms with Crippen molar-refractivity contribution in [3.05, 3.63) is 66.5 Å². The smallest absolute Gasteiger partial charge is 0.239 e. The van der Waals surface area contributed by atoms with Gasteiger partial charge in [-0.1, -0.05) is 41.2 Å². The van der Waals surface area contributed by atoms with E-state index in [9.17, 15) is 17.2 Å². The van der Waals surface area contributed by atoms with E-state index in [1.807, 2.05) is 6.55 Å². The maximum Gasteiger partial charge on any atom is 0.245 e. The van der Waals surface area contributed by atoms with Crippen molar-refractivity contribution in [2.24, 2.45) is 0 Å². The van der Waals surface area contributed by atoms with E-state index in [4.69, 9.17) is 0 Å². The van der Waals surface area contributed by atoms with Crippen molar-refractivity contribution >= 4 is 28.3 Å². The fraction of sp³-hybridized carbons (Fsp3) is 0.176. The molecule has 2 aromatic carbocycles. The lowest BCUT2D eigenvalue weighted by Gasteiger charge is -2.29. The largest absolute Gasteiger partial charge is 0.245 e. The van der Waals surface area contributed by atoms with Crippen LogP contribution in [0.2, 0.25) is 6.55 Å². The standard InChI is InChI=1S/C17H17F2N3O2SSi/c1-25(23,24)17-20-11-21-22(17)12-26(2,15-7-3-13(18)4-8-15)16-9-5-14(19)6-10-16/h3-11H,12H2,1-2H3. The molecule has 0 aliphatic heterocycles. The van der Waals surface area contributed by atoms with Crippen LogP contribution in [0.4, 0.5) is 8.78 Å². The summed E-state index contributed by atoms with van der Waals surface area (Å²) in [6.45, 7) is 2.00. The number of hydrogen-bond donors (Lipinski definition) is 0. The van der Waals surface area contributed by atoms with Gasteiger partial charge >= 0.3 is 0 Å². The molecule has 0 aliphatic rings. The van der Waals surface area contributed by atoms with E-state index >= 15 is 0 Å². The van der Waals surface area contributed by atoms with Crippen LogP contribution in [-0.2, 0) is 16.0 Å². The van der Waals surface area contributed by atoms with E-state index in [0.717, 1.165) is 16.6 Å². The monoisotopic (exact) mass is 393 g/mol. The number of aromatic nitrogens is 3. The fourth-order valence-electron chi connectivity index (χ4n) is 2.93. The summed E-state index contributed by atoms with van der Waals surface area (Å²) in [5.74, 6) is -0.719. The van der Waals surface area contributed by atoms with Crippen molar-refractivity contribution in [2.75, 3.05) is 6.26 Å². The average molecular weight is 393 g/mol. The Hall–Kier alpha value is -2.39. The lowest BCUT2D eigenvalue weighted by molar-refractivity contribution is 0.569. The molecule has 0 unspecified atom stereocenters. The fourth-order valence-corrected chi connectivity index (χ4v) is 7.11. The molecule has 0 saturated heterocycles. The van der Waals surface area contributed by atoms with Crippen molar-refractivity contribution in [2.45, 2.75) is 17.9 Å². The number of sulfone groups is 1. The molecule has 0 amide bonds. The molecule has 1 heterocycles. The Labute approximate surface area is 151 Å². The van der Waals surface area contributed by atoms with Gasteiger partial charge in [-0.15, -0.1) is 0 Å². The number of benzene rings is 2. The van der Waals surface area contributed by atoms with Gasteiger partial charge in [0, 0.05) is 12.4 Å². The molecule has 0 fully saturated rings. The molecular formula is C17H17F2N3O2SSi. The molecule has 0 bridgehead atoms. The Balaban J connectivity index is 2.14. The second-order valence-electron chi connectivity index (χ2n) is 6.32. The Morgan fingerprint density at radius 3 is 1.85 bits per heavy atom. The number of nitrogens with zero attached hydrogens (tertiary/aromatic N) is 3. The first-order valence-electron chi connectivity index (χ1n) is 7.80. The summed E-state index contributed by atoms with van der Waals surface area (Å²) < 4.78 is 52.0. The van der Waals surface area contributed by atoms with Crippen LogP contribution in [0.1, 0.15) is 0 Å². The number of hydrogen-bond acceptors (Lipinski definition) is 4. The molecular weight excluding hydrogens is 376 g/mol. The second-order valence-corrected chi connectivity index (χ2v) is 12.4. The zero-order valence-corrected chi connectivity index (χ0v) is 16.0. The molecule has 0 aliphatic carbocycles. The summed E-state index contributed by atoms with van der Waals surface area (Å²) in [7, 11) is -6.15. The molecule has 3 aromatic rings. The van der Waals surface area contributed by atoms with Crippen LogP contribution in [0.5, 0.6) is 0 Å². The van der Waals surface area contributed by atoms with Crippen LogP contribution >= 0.6 is 0 Å². The Bertz CT molecular complexity index is 973. The van der Waals surface area contributed by atoms with Crippen LogP contribution in [-0.4, -0.2) is 37.5 Å². The lowest BCUT2D eigenvalue weighted by atomic mass is 10.3. The minimum Gasteiger partial charge on any atom is -0.239 e. The van der Waals surface area contributed by atoms with Gasteiger partial charge < -0.3 is 0 Å². The van der Waals surface area contributed by atoms with E-state index in [2.05, 4.69) is 10.1 Å². The molecule has 0 spiro atoms. The molecule has 0 radical (unpaired) electrons. The first-order chi connectivity index (χ1) is 12.2. The topological polar surface area (TPSA) is 64.8 Å². The van der Waals surface area contributed by atoms with E-state index in [1.165, 1.54) is 35.3 Å². The summed E-state index contributed by atoms with van der Waals surface area (Å²) in [6, 6.07) is 12.2. The van der Waals surface area contributed by atoms with Crippen molar-refractivity contribution in [3.63, 3.8) is 0 Å². The van der Waals surface area contributed by atoms with Crippen LogP contribution in [0.25, 0.3) is 0 Å². The molecule has 3 rings (SSSR count). The average Bonchev–Trinajstić information content (AvgIpc) is 3.04. The van der Waals surface area contributed by atoms with Gasteiger partial charge in [-0.2, -0.15) is 5.10 Å². The summed E-state index contributed by atoms with van der Waals surface area (Å²) >= 11 is 0. The maximum absolute atomic E-state index is 13.4. The predicted octanol–water partition coefficient (Wildman–Crippen LogP) is 1.39.